The van der Waals surface area contributed by atoms with Crippen LogP contribution < -0.4 is 10.1 Å². The molecule has 4 heteroatoms. The topological polar surface area (TPSA) is 47.6 Å². The lowest BCUT2D eigenvalue weighted by atomic mass is 9.97. The molecule has 2 aromatic carbocycles. The molecule has 0 aromatic heterocycles. The Morgan fingerprint density at radius 3 is 2.77 bits per heavy atom. The van der Waals surface area contributed by atoms with E-state index in [-0.39, 0.29) is 12.0 Å². The number of amides is 1. The van der Waals surface area contributed by atoms with Crippen LogP contribution in [0.4, 0.5) is 5.69 Å². The second-order valence-corrected chi connectivity index (χ2v) is 7.16. The van der Waals surface area contributed by atoms with E-state index in [1.165, 1.54) is 11.1 Å². The van der Waals surface area contributed by atoms with Crippen LogP contribution in [0.2, 0.25) is 0 Å². The number of carbonyl (C=O) groups is 1. The molecule has 2 unspecified atom stereocenters. The van der Waals surface area contributed by atoms with Gasteiger partial charge in [0.15, 0.2) is 0 Å². The van der Waals surface area contributed by atoms with Gasteiger partial charge in [0.25, 0.3) is 0 Å². The quantitative estimate of drug-likeness (QED) is 0.844. The van der Waals surface area contributed by atoms with Gasteiger partial charge in [-0.05, 0) is 67.0 Å². The van der Waals surface area contributed by atoms with Crippen molar-refractivity contribution in [2.75, 3.05) is 18.5 Å². The van der Waals surface area contributed by atoms with Crippen LogP contribution in [0, 0.1) is 0 Å². The van der Waals surface area contributed by atoms with Gasteiger partial charge in [-0.3, -0.25) is 4.79 Å². The highest BCUT2D eigenvalue weighted by atomic mass is 16.5. The third-order valence-electron chi connectivity index (χ3n) is 5.29. The normalized spacial score (nSPS) is 21.4. The predicted octanol–water partition coefficient (Wildman–Crippen LogP) is 4.30. The van der Waals surface area contributed by atoms with E-state index in [1.807, 2.05) is 24.3 Å². The first kappa shape index (κ1) is 17.1. The fraction of sp³-hybridized carbons (Fsp3) is 0.409. The van der Waals surface area contributed by atoms with E-state index in [2.05, 4.69) is 29.6 Å². The van der Waals surface area contributed by atoms with Crippen LogP contribution in [0.3, 0.4) is 0 Å². The van der Waals surface area contributed by atoms with Crippen LogP contribution in [0.25, 0.3) is 0 Å². The van der Waals surface area contributed by atoms with Gasteiger partial charge in [0, 0.05) is 18.7 Å². The lowest BCUT2D eigenvalue weighted by Gasteiger charge is -2.13. The molecular formula is C22H25NO3. The van der Waals surface area contributed by atoms with Gasteiger partial charge >= 0.3 is 0 Å². The Balaban J connectivity index is 1.28. The summed E-state index contributed by atoms with van der Waals surface area (Å²) < 4.78 is 11.3. The van der Waals surface area contributed by atoms with Crippen molar-refractivity contribution in [3.05, 3.63) is 59.7 Å². The molecule has 2 aliphatic rings. The highest BCUT2D eigenvalue weighted by Gasteiger charge is 2.24. The molecule has 1 heterocycles. The predicted molar refractivity (Wildman–Crippen MR) is 102 cm³/mol. The third kappa shape index (κ3) is 4.07. The van der Waals surface area contributed by atoms with Gasteiger partial charge in [-0.25, -0.2) is 0 Å². The molecule has 0 spiro atoms. The summed E-state index contributed by atoms with van der Waals surface area (Å²) in [5.41, 5.74) is 3.53. The average molecular weight is 351 g/mol. The Morgan fingerprint density at radius 2 is 1.96 bits per heavy atom. The van der Waals surface area contributed by atoms with Crippen molar-refractivity contribution in [2.45, 2.75) is 44.1 Å². The maximum Gasteiger partial charge on any atom is 0.224 e. The average Bonchev–Trinajstić information content (AvgIpc) is 3.32. The lowest BCUT2D eigenvalue weighted by Crippen LogP contribution is -2.16. The van der Waals surface area contributed by atoms with Crippen molar-refractivity contribution >= 4 is 11.6 Å². The van der Waals surface area contributed by atoms with E-state index in [0.29, 0.717) is 18.9 Å². The van der Waals surface area contributed by atoms with Gasteiger partial charge in [-0.2, -0.15) is 0 Å². The van der Waals surface area contributed by atoms with Gasteiger partial charge < -0.3 is 14.8 Å². The molecule has 0 saturated carbocycles. The van der Waals surface area contributed by atoms with Crippen molar-refractivity contribution in [1.29, 1.82) is 0 Å². The maximum absolute atomic E-state index is 12.4. The van der Waals surface area contributed by atoms with Crippen LogP contribution in [0.5, 0.6) is 5.75 Å². The van der Waals surface area contributed by atoms with E-state index < -0.39 is 0 Å². The number of benzene rings is 2. The number of carbonyl (C=O) groups excluding carboxylic acids is 1. The minimum absolute atomic E-state index is 0.0692. The van der Waals surface area contributed by atoms with E-state index in [1.54, 1.807) is 0 Å². The summed E-state index contributed by atoms with van der Waals surface area (Å²) in [5, 5.41) is 3.00. The minimum atomic E-state index is 0.0692. The zero-order valence-electron chi connectivity index (χ0n) is 14.9. The van der Waals surface area contributed by atoms with Crippen molar-refractivity contribution in [3.63, 3.8) is 0 Å². The fourth-order valence-corrected chi connectivity index (χ4v) is 3.89. The molecule has 1 N–H and O–H groups in total. The standard InChI is InChI=1S/C22H25NO3/c24-22(14-17-8-7-16-4-1-2-6-21(16)17)23-18-9-11-19(12-10-18)26-15-20-5-3-13-25-20/h1-2,4,6,9-12,17,20H,3,5,7-8,13-15H2,(H,23,24). The fourth-order valence-electron chi connectivity index (χ4n) is 3.89. The van der Waals surface area contributed by atoms with Crippen molar-refractivity contribution in [3.8, 4) is 5.75 Å². The van der Waals surface area contributed by atoms with Gasteiger partial charge in [0.05, 0.1) is 6.10 Å². The summed E-state index contributed by atoms with van der Waals surface area (Å²) in [5.74, 6) is 1.21. The molecule has 1 saturated heterocycles. The van der Waals surface area contributed by atoms with Gasteiger partial charge in [0.1, 0.15) is 12.4 Å². The van der Waals surface area contributed by atoms with Crippen molar-refractivity contribution in [2.24, 2.45) is 0 Å². The molecule has 4 rings (SSSR count). The van der Waals surface area contributed by atoms with Crippen molar-refractivity contribution < 1.29 is 14.3 Å². The monoisotopic (exact) mass is 351 g/mol. The van der Waals surface area contributed by atoms with E-state index in [4.69, 9.17) is 9.47 Å². The second kappa shape index (κ2) is 7.92. The second-order valence-electron chi connectivity index (χ2n) is 7.16. The molecule has 1 amide bonds. The zero-order valence-corrected chi connectivity index (χ0v) is 14.9. The molecule has 1 fully saturated rings. The molecule has 0 radical (unpaired) electrons. The largest absolute Gasteiger partial charge is 0.491 e. The summed E-state index contributed by atoms with van der Waals surface area (Å²) in [6.45, 7) is 1.43. The van der Waals surface area contributed by atoms with E-state index in [0.717, 1.165) is 43.7 Å². The summed E-state index contributed by atoms with van der Waals surface area (Å²) in [6, 6.07) is 16.0. The molecule has 26 heavy (non-hydrogen) atoms. The summed E-state index contributed by atoms with van der Waals surface area (Å²) >= 11 is 0. The Hall–Kier alpha value is -2.33. The first-order valence-corrected chi connectivity index (χ1v) is 9.50. The number of hydrogen-bond donors (Lipinski definition) is 1. The Kier molecular flexibility index (Phi) is 5.21. The highest BCUT2D eigenvalue weighted by Crippen LogP contribution is 2.35. The SMILES string of the molecule is O=C(CC1CCc2ccccc21)Nc1ccc(OCC2CCCO2)cc1. The van der Waals surface area contributed by atoms with Crippen LogP contribution in [0.15, 0.2) is 48.5 Å². The van der Waals surface area contributed by atoms with Gasteiger partial charge in [-0.15, -0.1) is 0 Å². The number of fused-ring (bicyclic) bond motifs is 1. The lowest BCUT2D eigenvalue weighted by molar-refractivity contribution is -0.116. The number of ether oxygens (including phenoxy) is 2. The first-order valence-electron chi connectivity index (χ1n) is 9.50. The van der Waals surface area contributed by atoms with Crippen LogP contribution in [-0.4, -0.2) is 25.2 Å². The zero-order chi connectivity index (χ0) is 17.8. The molecule has 0 bridgehead atoms. The van der Waals surface area contributed by atoms with Crippen molar-refractivity contribution in [1.82, 2.24) is 0 Å². The highest BCUT2D eigenvalue weighted by molar-refractivity contribution is 5.91. The summed E-state index contributed by atoms with van der Waals surface area (Å²) in [4.78, 5) is 12.4. The molecule has 1 aliphatic heterocycles. The van der Waals surface area contributed by atoms with Gasteiger partial charge in [0.2, 0.25) is 5.91 Å². The molecule has 4 nitrogen and oxygen atoms in total. The Labute approximate surface area is 154 Å². The summed E-state index contributed by atoms with van der Waals surface area (Å²) in [6.07, 6.45) is 5.06. The Morgan fingerprint density at radius 1 is 1.12 bits per heavy atom. The number of nitrogens with one attached hydrogen (secondary N) is 1. The van der Waals surface area contributed by atoms with Gasteiger partial charge in [-0.1, -0.05) is 24.3 Å². The van der Waals surface area contributed by atoms with E-state index in [9.17, 15) is 4.79 Å². The molecule has 136 valence electrons. The number of hydrogen-bond acceptors (Lipinski definition) is 3. The third-order valence-corrected chi connectivity index (χ3v) is 5.29. The minimum Gasteiger partial charge on any atom is -0.491 e. The number of aryl methyl sites for hydroxylation is 1. The van der Waals surface area contributed by atoms with Crippen LogP contribution >= 0.6 is 0 Å². The Bertz CT molecular complexity index is 750. The molecular weight excluding hydrogens is 326 g/mol. The van der Waals surface area contributed by atoms with Crippen LogP contribution in [-0.2, 0) is 16.0 Å². The summed E-state index contributed by atoms with van der Waals surface area (Å²) in [7, 11) is 0. The molecule has 2 aromatic rings. The first-order chi connectivity index (χ1) is 12.8. The van der Waals surface area contributed by atoms with E-state index >= 15 is 0 Å². The molecule has 1 aliphatic carbocycles. The number of rotatable bonds is 6. The number of anilines is 1. The maximum atomic E-state index is 12.4. The molecule has 2 atom stereocenters. The van der Waals surface area contributed by atoms with Crippen LogP contribution in [0.1, 0.15) is 42.7 Å². The smallest absolute Gasteiger partial charge is 0.224 e.